The first-order valence-corrected chi connectivity index (χ1v) is 10.1. The maximum absolute atomic E-state index is 9.51. The Morgan fingerprint density at radius 3 is 2.85 bits per heavy atom. The van der Waals surface area contributed by atoms with Gasteiger partial charge < -0.3 is 10.8 Å². The number of fused-ring (bicyclic) bond motifs is 1. The van der Waals surface area contributed by atoms with E-state index in [1.54, 1.807) is 0 Å². The van der Waals surface area contributed by atoms with Crippen LogP contribution in [0.3, 0.4) is 0 Å². The van der Waals surface area contributed by atoms with Crippen molar-refractivity contribution in [3.63, 3.8) is 0 Å². The molecule has 26 heavy (non-hydrogen) atoms. The highest BCUT2D eigenvalue weighted by Gasteiger charge is 2.36. The van der Waals surface area contributed by atoms with E-state index in [1.807, 2.05) is 12.3 Å². The van der Waals surface area contributed by atoms with Crippen LogP contribution in [0.5, 0.6) is 0 Å². The molecule has 2 aliphatic rings. The summed E-state index contributed by atoms with van der Waals surface area (Å²) in [6, 6.07) is 13.3. The molecule has 1 aromatic carbocycles. The van der Waals surface area contributed by atoms with Crippen LogP contribution in [-0.4, -0.2) is 22.2 Å². The average molecular weight is 351 g/mol. The van der Waals surface area contributed by atoms with E-state index in [0.717, 1.165) is 31.6 Å². The van der Waals surface area contributed by atoms with Crippen LogP contribution in [0.1, 0.15) is 60.4 Å². The van der Waals surface area contributed by atoms with Crippen molar-refractivity contribution < 1.29 is 5.11 Å². The fourth-order valence-corrected chi connectivity index (χ4v) is 4.83. The number of nitrogens with two attached hydrogens (primary N) is 1. The molecule has 1 saturated carbocycles. The first kappa shape index (κ1) is 17.7. The van der Waals surface area contributed by atoms with Crippen LogP contribution in [0.2, 0.25) is 0 Å². The molecule has 1 heterocycles. The van der Waals surface area contributed by atoms with Gasteiger partial charge in [-0.1, -0.05) is 24.3 Å². The summed E-state index contributed by atoms with van der Waals surface area (Å²) >= 11 is 0. The molecule has 138 valence electrons. The number of pyridine rings is 1. The number of hydrogen-bond donors (Lipinski definition) is 2. The number of rotatable bonds is 5. The van der Waals surface area contributed by atoms with Crippen LogP contribution >= 0.6 is 0 Å². The Morgan fingerprint density at radius 2 is 2.08 bits per heavy atom. The zero-order valence-electron chi connectivity index (χ0n) is 15.5. The summed E-state index contributed by atoms with van der Waals surface area (Å²) in [5.41, 5.74) is 11.6. The third kappa shape index (κ3) is 3.84. The molecule has 0 spiro atoms. The van der Waals surface area contributed by atoms with Crippen molar-refractivity contribution in [1.29, 1.82) is 0 Å². The Hall–Kier alpha value is -1.71. The molecule has 0 radical (unpaired) electrons. The molecule has 2 aliphatic carbocycles. The van der Waals surface area contributed by atoms with Gasteiger partial charge in [0, 0.05) is 17.4 Å². The van der Waals surface area contributed by atoms with Crippen LogP contribution in [0.4, 0.5) is 0 Å². The van der Waals surface area contributed by atoms with Crippen molar-refractivity contribution in [1.82, 2.24) is 4.98 Å². The lowest BCUT2D eigenvalue weighted by Crippen LogP contribution is -2.40. The van der Waals surface area contributed by atoms with E-state index in [-0.39, 0.29) is 12.1 Å². The van der Waals surface area contributed by atoms with Crippen molar-refractivity contribution in [3.05, 3.63) is 65.0 Å². The molecular weight excluding hydrogens is 320 g/mol. The highest BCUT2D eigenvalue weighted by Crippen LogP contribution is 2.40. The monoisotopic (exact) mass is 350 g/mol. The molecule has 1 unspecified atom stereocenters. The third-order valence-corrected chi connectivity index (χ3v) is 6.53. The largest absolute Gasteiger partial charge is 0.394 e. The molecule has 4 rings (SSSR count). The van der Waals surface area contributed by atoms with E-state index in [0.29, 0.717) is 5.92 Å². The molecule has 0 amide bonds. The van der Waals surface area contributed by atoms with Gasteiger partial charge in [0.15, 0.2) is 0 Å². The lowest BCUT2D eigenvalue weighted by atomic mass is 9.79. The number of aliphatic hydroxyl groups excluding tert-OH is 1. The maximum atomic E-state index is 9.51. The molecule has 1 aromatic heterocycles. The van der Waals surface area contributed by atoms with Gasteiger partial charge in [-0.25, -0.2) is 0 Å². The van der Waals surface area contributed by atoms with E-state index in [9.17, 15) is 5.11 Å². The highest BCUT2D eigenvalue weighted by molar-refractivity contribution is 5.36. The van der Waals surface area contributed by atoms with Crippen LogP contribution in [-0.2, 0) is 19.3 Å². The van der Waals surface area contributed by atoms with E-state index >= 15 is 0 Å². The molecule has 0 aliphatic heterocycles. The van der Waals surface area contributed by atoms with Gasteiger partial charge in [-0.3, -0.25) is 4.98 Å². The predicted molar refractivity (Wildman–Crippen MR) is 105 cm³/mol. The van der Waals surface area contributed by atoms with E-state index in [4.69, 9.17) is 5.73 Å². The molecule has 1 fully saturated rings. The minimum absolute atomic E-state index is 0.104. The van der Waals surface area contributed by atoms with Gasteiger partial charge in [0.1, 0.15) is 0 Å². The van der Waals surface area contributed by atoms with Crippen LogP contribution in [0.15, 0.2) is 42.6 Å². The molecule has 3 atom stereocenters. The average Bonchev–Trinajstić information content (AvgIpc) is 3.09. The van der Waals surface area contributed by atoms with Gasteiger partial charge in [-0.15, -0.1) is 0 Å². The lowest BCUT2D eigenvalue weighted by molar-refractivity contribution is 0.198. The normalized spacial score (nSPS) is 28.1. The minimum atomic E-state index is -0.364. The Bertz CT molecular complexity index is 745. The molecule has 2 aromatic rings. The van der Waals surface area contributed by atoms with Gasteiger partial charge in [0.25, 0.3) is 0 Å². The predicted octanol–water partition coefficient (Wildman–Crippen LogP) is 3.78. The topological polar surface area (TPSA) is 59.1 Å². The number of hydrogen-bond acceptors (Lipinski definition) is 3. The summed E-state index contributed by atoms with van der Waals surface area (Å²) in [5.74, 6) is 1.28. The zero-order valence-corrected chi connectivity index (χ0v) is 15.5. The number of aliphatic hydroxyl groups is 1. The third-order valence-electron chi connectivity index (χ3n) is 6.53. The van der Waals surface area contributed by atoms with Crippen molar-refractivity contribution in [2.75, 3.05) is 6.61 Å². The molecule has 0 bridgehead atoms. The Balaban J connectivity index is 1.38. The Kier molecular flexibility index (Phi) is 5.10. The SMILES string of the molecule is N[C@]1(CO)CC[C@H](c2ccc3c(c2)CCC(CCc2ccccn2)C3)C1. The summed E-state index contributed by atoms with van der Waals surface area (Å²) in [7, 11) is 0. The summed E-state index contributed by atoms with van der Waals surface area (Å²) in [4.78, 5) is 4.45. The molecule has 3 heteroatoms. The van der Waals surface area contributed by atoms with Crippen molar-refractivity contribution in [2.45, 2.75) is 62.8 Å². The standard InChI is InChI=1S/C23H30N2O/c24-23(16-26)11-10-21(15-23)20-8-7-18-13-17(4-6-19(18)14-20)5-9-22-3-1-2-12-25-22/h1-3,7-8,12,14,17,21,26H,4-6,9-11,13,15-16,24H2/t17?,21-,23+/m0/s1. The zero-order chi connectivity index (χ0) is 18.0. The van der Waals surface area contributed by atoms with E-state index in [1.165, 1.54) is 48.1 Å². The smallest absolute Gasteiger partial charge is 0.0611 e. The maximum Gasteiger partial charge on any atom is 0.0611 e. The van der Waals surface area contributed by atoms with Gasteiger partial charge in [0.05, 0.1) is 6.61 Å². The molecule has 0 saturated heterocycles. The highest BCUT2D eigenvalue weighted by atomic mass is 16.3. The van der Waals surface area contributed by atoms with Gasteiger partial charge in [-0.05, 0) is 92.0 Å². The second-order valence-corrected chi connectivity index (χ2v) is 8.46. The van der Waals surface area contributed by atoms with Crippen LogP contribution in [0.25, 0.3) is 0 Å². The first-order chi connectivity index (χ1) is 12.6. The van der Waals surface area contributed by atoms with Crippen molar-refractivity contribution in [3.8, 4) is 0 Å². The molecular formula is C23H30N2O. The van der Waals surface area contributed by atoms with Crippen molar-refractivity contribution in [2.24, 2.45) is 11.7 Å². The second kappa shape index (κ2) is 7.50. The van der Waals surface area contributed by atoms with Crippen LogP contribution < -0.4 is 5.73 Å². The van der Waals surface area contributed by atoms with Crippen LogP contribution in [0, 0.1) is 5.92 Å². The number of benzene rings is 1. The van der Waals surface area contributed by atoms with E-state index in [2.05, 4.69) is 35.3 Å². The first-order valence-electron chi connectivity index (χ1n) is 10.1. The molecule has 3 N–H and O–H groups in total. The van der Waals surface area contributed by atoms with E-state index < -0.39 is 0 Å². The Labute approximate surface area is 156 Å². The van der Waals surface area contributed by atoms with Gasteiger partial charge >= 0.3 is 0 Å². The summed E-state index contributed by atoms with van der Waals surface area (Å²) in [6.07, 6.45) is 10.8. The summed E-state index contributed by atoms with van der Waals surface area (Å²) < 4.78 is 0. The fraction of sp³-hybridized carbons (Fsp3) is 0.522. The van der Waals surface area contributed by atoms with Gasteiger partial charge in [0.2, 0.25) is 0 Å². The summed E-state index contributed by atoms with van der Waals surface area (Å²) in [6.45, 7) is 0.104. The number of aryl methyl sites for hydroxylation is 2. The number of aromatic nitrogens is 1. The van der Waals surface area contributed by atoms with Crippen molar-refractivity contribution >= 4 is 0 Å². The lowest BCUT2D eigenvalue weighted by Gasteiger charge is -2.26. The van der Waals surface area contributed by atoms with Gasteiger partial charge in [-0.2, -0.15) is 0 Å². The quantitative estimate of drug-likeness (QED) is 0.863. The summed E-state index contributed by atoms with van der Waals surface area (Å²) in [5, 5.41) is 9.51. The second-order valence-electron chi connectivity index (χ2n) is 8.46. The molecule has 3 nitrogen and oxygen atoms in total. The minimum Gasteiger partial charge on any atom is -0.394 e. The Morgan fingerprint density at radius 1 is 1.15 bits per heavy atom. The fourth-order valence-electron chi connectivity index (χ4n) is 4.83. The number of nitrogens with zero attached hydrogens (tertiary/aromatic N) is 1.